The highest BCUT2D eigenvalue weighted by molar-refractivity contribution is 7.91. The van der Waals surface area contributed by atoms with Crippen molar-refractivity contribution in [2.45, 2.75) is 18.9 Å². The SMILES string of the molecule is O=S1(=O)CCC(n2nc(-c3ccccc3C(F)F)nc2-c2cscn2)C1. The first-order chi connectivity index (χ1) is 12.4. The molecule has 3 heterocycles. The Morgan fingerprint density at radius 2 is 2.08 bits per heavy atom. The highest BCUT2D eigenvalue weighted by Crippen LogP contribution is 2.33. The molecule has 1 aliphatic heterocycles. The summed E-state index contributed by atoms with van der Waals surface area (Å²) in [5, 5.41) is 6.17. The Balaban J connectivity index is 1.85. The lowest BCUT2D eigenvalue weighted by Gasteiger charge is -2.10. The van der Waals surface area contributed by atoms with Crippen molar-refractivity contribution in [3.05, 3.63) is 40.7 Å². The van der Waals surface area contributed by atoms with Crippen molar-refractivity contribution in [1.82, 2.24) is 19.7 Å². The highest BCUT2D eigenvalue weighted by Gasteiger charge is 2.33. The van der Waals surface area contributed by atoms with Crippen LogP contribution in [0.5, 0.6) is 0 Å². The molecule has 4 rings (SSSR count). The van der Waals surface area contributed by atoms with Gasteiger partial charge in [0.2, 0.25) is 0 Å². The van der Waals surface area contributed by atoms with Crippen LogP contribution in [0, 0.1) is 0 Å². The lowest BCUT2D eigenvalue weighted by Crippen LogP contribution is -2.14. The van der Waals surface area contributed by atoms with Crippen LogP contribution in [0.2, 0.25) is 0 Å². The molecule has 1 aromatic carbocycles. The lowest BCUT2D eigenvalue weighted by molar-refractivity contribution is 0.152. The van der Waals surface area contributed by atoms with Gasteiger partial charge < -0.3 is 0 Å². The Morgan fingerprint density at radius 1 is 1.27 bits per heavy atom. The minimum Gasteiger partial charge on any atom is -0.241 e. The van der Waals surface area contributed by atoms with Gasteiger partial charge in [-0.3, -0.25) is 0 Å². The minimum atomic E-state index is -3.13. The zero-order chi connectivity index (χ0) is 18.3. The first-order valence-electron chi connectivity index (χ1n) is 7.87. The van der Waals surface area contributed by atoms with E-state index in [1.165, 1.54) is 34.2 Å². The molecule has 1 unspecified atom stereocenters. The van der Waals surface area contributed by atoms with Gasteiger partial charge in [-0.15, -0.1) is 11.3 Å². The van der Waals surface area contributed by atoms with Crippen LogP contribution in [0.1, 0.15) is 24.5 Å². The molecule has 0 spiro atoms. The van der Waals surface area contributed by atoms with Gasteiger partial charge in [-0.1, -0.05) is 24.3 Å². The maximum absolute atomic E-state index is 13.3. The number of alkyl halides is 2. The fraction of sp³-hybridized carbons (Fsp3) is 0.312. The molecule has 3 aromatic rings. The number of halogens is 2. The predicted molar refractivity (Wildman–Crippen MR) is 93.8 cm³/mol. The van der Waals surface area contributed by atoms with Crippen LogP contribution in [0.3, 0.4) is 0 Å². The predicted octanol–water partition coefficient (Wildman–Crippen LogP) is 3.37. The van der Waals surface area contributed by atoms with Crippen LogP contribution in [-0.2, 0) is 9.84 Å². The van der Waals surface area contributed by atoms with Gasteiger partial charge in [0, 0.05) is 16.5 Å². The molecule has 10 heteroatoms. The summed E-state index contributed by atoms with van der Waals surface area (Å²) in [6.07, 6.45) is -2.24. The van der Waals surface area contributed by atoms with Crippen molar-refractivity contribution in [3.8, 4) is 22.9 Å². The Bertz CT molecular complexity index is 1030. The molecule has 0 bridgehead atoms. The van der Waals surface area contributed by atoms with E-state index >= 15 is 0 Å². The Labute approximate surface area is 152 Å². The average Bonchev–Trinajstić information content (AvgIpc) is 3.32. The molecule has 136 valence electrons. The monoisotopic (exact) mass is 396 g/mol. The molecule has 1 aliphatic rings. The molecule has 2 aromatic heterocycles. The molecule has 0 radical (unpaired) electrons. The van der Waals surface area contributed by atoms with Crippen molar-refractivity contribution < 1.29 is 17.2 Å². The van der Waals surface area contributed by atoms with Gasteiger partial charge in [0.15, 0.2) is 21.5 Å². The van der Waals surface area contributed by atoms with Gasteiger partial charge >= 0.3 is 0 Å². The third-order valence-corrected chi connectivity index (χ3v) is 6.62. The second-order valence-corrected chi connectivity index (χ2v) is 8.97. The highest BCUT2D eigenvalue weighted by atomic mass is 32.2. The average molecular weight is 396 g/mol. The van der Waals surface area contributed by atoms with E-state index in [-0.39, 0.29) is 34.5 Å². The fourth-order valence-corrected chi connectivity index (χ4v) is 5.27. The Hall–Kier alpha value is -2.20. The van der Waals surface area contributed by atoms with E-state index in [4.69, 9.17) is 0 Å². The van der Waals surface area contributed by atoms with Crippen LogP contribution in [0.4, 0.5) is 8.78 Å². The molecular weight excluding hydrogens is 382 g/mol. The first-order valence-corrected chi connectivity index (χ1v) is 10.6. The van der Waals surface area contributed by atoms with Crippen LogP contribution in [-0.4, -0.2) is 39.7 Å². The van der Waals surface area contributed by atoms with Gasteiger partial charge in [0.05, 0.1) is 23.1 Å². The maximum Gasteiger partial charge on any atom is 0.264 e. The van der Waals surface area contributed by atoms with Gasteiger partial charge in [-0.2, -0.15) is 5.10 Å². The van der Waals surface area contributed by atoms with Crippen LogP contribution < -0.4 is 0 Å². The number of rotatable bonds is 4. The summed E-state index contributed by atoms with van der Waals surface area (Å²) >= 11 is 1.37. The van der Waals surface area contributed by atoms with Gasteiger partial charge in [0.1, 0.15) is 5.69 Å². The topological polar surface area (TPSA) is 77.7 Å². The standard InChI is InChI=1S/C16H14F2N4O2S2/c17-14(18)11-3-1-2-4-12(11)15-20-16(13-7-25-9-19-13)22(21-15)10-5-6-26(23,24)8-10/h1-4,7,9-10,14H,5-6,8H2. The first kappa shape index (κ1) is 17.2. The second-order valence-electron chi connectivity index (χ2n) is 6.02. The van der Waals surface area contributed by atoms with Crippen LogP contribution in [0.15, 0.2) is 35.2 Å². The number of benzene rings is 1. The van der Waals surface area contributed by atoms with Crippen LogP contribution in [0.25, 0.3) is 22.9 Å². The van der Waals surface area contributed by atoms with E-state index < -0.39 is 16.3 Å². The maximum atomic E-state index is 13.3. The summed E-state index contributed by atoms with van der Waals surface area (Å²) in [6, 6.07) is 5.68. The fourth-order valence-electron chi connectivity index (χ4n) is 3.05. The normalized spacial score (nSPS) is 19.3. The van der Waals surface area contributed by atoms with Gasteiger partial charge in [0.25, 0.3) is 6.43 Å². The molecule has 0 amide bonds. The van der Waals surface area contributed by atoms with E-state index in [1.54, 1.807) is 17.0 Å². The molecule has 26 heavy (non-hydrogen) atoms. The molecule has 1 atom stereocenters. The van der Waals surface area contributed by atoms with Crippen molar-refractivity contribution in [3.63, 3.8) is 0 Å². The smallest absolute Gasteiger partial charge is 0.241 e. The number of thiazole rings is 1. The molecule has 1 saturated heterocycles. The second kappa shape index (κ2) is 6.51. The van der Waals surface area contributed by atoms with Crippen molar-refractivity contribution in [1.29, 1.82) is 0 Å². The number of aromatic nitrogens is 4. The summed E-state index contributed by atoms with van der Waals surface area (Å²) in [5.41, 5.74) is 2.26. The zero-order valence-electron chi connectivity index (χ0n) is 13.4. The summed E-state index contributed by atoms with van der Waals surface area (Å²) in [7, 11) is -3.13. The van der Waals surface area contributed by atoms with Crippen molar-refractivity contribution in [2.24, 2.45) is 0 Å². The van der Waals surface area contributed by atoms with Crippen LogP contribution >= 0.6 is 11.3 Å². The molecule has 0 aliphatic carbocycles. The van der Waals surface area contributed by atoms with E-state index in [0.29, 0.717) is 17.9 Å². The molecular formula is C16H14F2N4O2S2. The molecule has 0 saturated carbocycles. The molecule has 0 N–H and O–H groups in total. The summed E-state index contributed by atoms with van der Waals surface area (Å²) in [5.74, 6) is 0.584. The largest absolute Gasteiger partial charge is 0.264 e. The lowest BCUT2D eigenvalue weighted by atomic mass is 10.1. The van der Waals surface area contributed by atoms with E-state index in [0.717, 1.165) is 0 Å². The van der Waals surface area contributed by atoms with E-state index in [9.17, 15) is 17.2 Å². The molecule has 1 fully saturated rings. The third-order valence-electron chi connectivity index (χ3n) is 4.28. The summed E-state index contributed by atoms with van der Waals surface area (Å²) in [6.45, 7) is 0. The van der Waals surface area contributed by atoms with Crippen molar-refractivity contribution >= 4 is 21.2 Å². The van der Waals surface area contributed by atoms with Gasteiger partial charge in [-0.05, 0) is 6.42 Å². The molecule has 6 nitrogen and oxygen atoms in total. The summed E-state index contributed by atoms with van der Waals surface area (Å²) < 4.78 is 51.9. The third kappa shape index (κ3) is 3.14. The number of hydrogen-bond acceptors (Lipinski definition) is 6. The zero-order valence-corrected chi connectivity index (χ0v) is 15.1. The quantitative estimate of drug-likeness (QED) is 0.676. The summed E-state index contributed by atoms with van der Waals surface area (Å²) in [4.78, 5) is 8.64. The van der Waals surface area contributed by atoms with E-state index in [1.807, 2.05) is 0 Å². The number of sulfone groups is 1. The number of hydrogen-bond donors (Lipinski definition) is 0. The Morgan fingerprint density at radius 3 is 2.73 bits per heavy atom. The van der Waals surface area contributed by atoms with Gasteiger partial charge in [-0.25, -0.2) is 31.8 Å². The number of nitrogens with zero attached hydrogens (tertiary/aromatic N) is 4. The van der Waals surface area contributed by atoms with Crippen molar-refractivity contribution in [2.75, 3.05) is 11.5 Å². The van der Waals surface area contributed by atoms with E-state index in [2.05, 4.69) is 15.1 Å². The Kier molecular flexibility index (Phi) is 4.31. The minimum absolute atomic E-state index is 0.0383.